The predicted octanol–water partition coefficient (Wildman–Crippen LogP) is 6.00. The van der Waals surface area contributed by atoms with E-state index in [4.69, 9.17) is 9.72 Å². The summed E-state index contributed by atoms with van der Waals surface area (Å²) in [7, 11) is 4.14. The zero-order valence-electron chi connectivity index (χ0n) is 19.2. The van der Waals surface area contributed by atoms with Gasteiger partial charge in [0.15, 0.2) is 11.6 Å². The van der Waals surface area contributed by atoms with Gasteiger partial charge >= 0.3 is 0 Å². The normalized spacial score (nSPS) is 17.3. The molecule has 2 heterocycles. The van der Waals surface area contributed by atoms with Crippen LogP contribution in [0.1, 0.15) is 29.5 Å². The van der Waals surface area contributed by atoms with Crippen molar-refractivity contribution in [3.8, 4) is 22.8 Å². The van der Waals surface area contributed by atoms with Crippen molar-refractivity contribution in [2.24, 2.45) is 0 Å². The van der Waals surface area contributed by atoms with E-state index in [-0.39, 0.29) is 5.82 Å². The molecule has 1 aliphatic rings. The van der Waals surface area contributed by atoms with Crippen LogP contribution in [-0.2, 0) is 16.9 Å². The van der Waals surface area contributed by atoms with Crippen molar-refractivity contribution in [3.63, 3.8) is 0 Å². The number of nitrogens with zero attached hydrogens (tertiary/aromatic N) is 3. The summed E-state index contributed by atoms with van der Waals surface area (Å²) in [6.07, 6.45) is 1.78. The molecular weight excluding hydrogens is 542 g/mol. The van der Waals surface area contributed by atoms with Crippen molar-refractivity contribution < 1.29 is 9.13 Å². The van der Waals surface area contributed by atoms with Gasteiger partial charge in [0.2, 0.25) is 0 Å². The van der Waals surface area contributed by atoms with Gasteiger partial charge in [-0.15, -0.1) is 0 Å². The molecule has 3 aromatic carbocycles. The molecule has 1 aromatic heterocycles. The van der Waals surface area contributed by atoms with Gasteiger partial charge in [0, 0.05) is 14.7 Å². The maximum Gasteiger partial charge on any atom is 0.181 e. The molecule has 174 valence electrons. The first kappa shape index (κ1) is 23.1. The summed E-state index contributed by atoms with van der Waals surface area (Å²) in [5.74, 6) is 1.17. The van der Waals surface area contributed by atoms with Gasteiger partial charge in [0.25, 0.3) is 0 Å². The van der Waals surface area contributed by atoms with E-state index in [1.54, 1.807) is 0 Å². The van der Waals surface area contributed by atoms with Crippen LogP contribution in [-0.4, -0.2) is 40.7 Å². The van der Waals surface area contributed by atoms with Gasteiger partial charge in [0.05, 0.1) is 6.61 Å². The van der Waals surface area contributed by atoms with E-state index in [0.717, 1.165) is 56.6 Å². The van der Waals surface area contributed by atoms with Gasteiger partial charge in [0.1, 0.15) is 11.4 Å². The number of fused-ring (bicyclic) bond motifs is 1. The molecule has 0 unspecified atom stereocenters. The van der Waals surface area contributed by atoms with Crippen molar-refractivity contribution in [2.75, 3.05) is 20.6 Å². The van der Waals surface area contributed by atoms with Gasteiger partial charge in [-0.1, -0.05) is 42.5 Å². The minimum atomic E-state index is -0.581. The van der Waals surface area contributed by atoms with Crippen molar-refractivity contribution in [1.82, 2.24) is 20.1 Å². The molecule has 34 heavy (non-hydrogen) atoms. The van der Waals surface area contributed by atoms with Crippen LogP contribution in [0.4, 0.5) is 4.39 Å². The van der Waals surface area contributed by atoms with Crippen LogP contribution in [0.5, 0.6) is 0 Å². The predicted molar refractivity (Wildman–Crippen MR) is 140 cm³/mol. The van der Waals surface area contributed by atoms with Gasteiger partial charge in [-0.2, -0.15) is 5.10 Å². The molecule has 1 atom stereocenters. The van der Waals surface area contributed by atoms with Gasteiger partial charge in [-0.25, -0.2) is 9.37 Å². The summed E-state index contributed by atoms with van der Waals surface area (Å²) in [6, 6.07) is 21.1. The molecule has 0 radical (unpaired) electrons. The van der Waals surface area contributed by atoms with E-state index in [1.807, 2.05) is 30.3 Å². The number of aromatic amines is 1. The lowest BCUT2D eigenvalue weighted by Gasteiger charge is -2.31. The molecule has 5 nitrogen and oxygen atoms in total. The second-order valence-electron chi connectivity index (χ2n) is 8.89. The first-order chi connectivity index (χ1) is 16.5. The van der Waals surface area contributed by atoms with Crippen molar-refractivity contribution in [3.05, 3.63) is 92.8 Å². The molecule has 0 amide bonds. The molecule has 5 rings (SSSR count). The van der Waals surface area contributed by atoms with Crippen molar-refractivity contribution >= 4 is 22.6 Å². The summed E-state index contributed by atoms with van der Waals surface area (Å²) >= 11 is 2.31. The largest absolute Gasteiger partial charge is 0.361 e. The van der Waals surface area contributed by atoms with Crippen molar-refractivity contribution in [2.45, 2.75) is 25.0 Å². The van der Waals surface area contributed by atoms with Crippen LogP contribution in [0.15, 0.2) is 66.7 Å². The Hall–Kier alpha value is -2.62. The molecule has 0 saturated carbocycles. The molecule has 0 saturated heterocycles. The minimum absolute atomic E-state index is 0.241. The number of aromatic nitrogens is 3. The van der Waals surface area contributed by atoms with E-state index < -0.39 is 5.60 Å². The van der Waals surface area contributed by atoms with Crippen LogP contribution >= 0.6 is 22.6 Å². The maximum atomic E-state index is 13.7. The lowest BCUT2D eigenvalue weighted by molar-refractivity contribution is -0.0140. The summed E-state index contributed by atoms with van der Waals surface area (Å²) in [4.78, 5) is 6.92. The molecule has 4 aromatic rings. The number of nitrogens with one attached hydrogen (secondary N) is 1. The van der Waals surface area contributed by atoms with Gasteiger partial charge < -0.3 is 9.64 Å². The second-order valence-corrected chi connectivity index (χ2v) is 10.1. The van der Waals surface area contributed by atoms with Crippen LogP contribution in [0.2, 0.25) is 0 Å². The lowest BCUT2D eigenvalue weighted by atomic mass is 9.81. The number of ether oxygens (including phenoxy) is 1. The van der Waals surface area contributed by atoms with E-state index in [2.05, 4.69) is 76.0 Å². The topological polar surface area (TPSA) is 54.0 Å². The Morgan fingerprint density at radius 2 is 1.88 bits per heavy atom. The molecule has 1 N–H and O–H groups in total. The summed E-state index contributed by atoms with van der Waals surface area (Å²) in [6.45, 7) is 1.45. The fraction of sp³-hybridized carbons (Fsp3) is 0.259. The van der Waals surface area contributed by atoms with Gasteiger partial charge in [-0.05, 0) is 97.0 Å². The number of halogens is 2. The third kappa shape index (κ3) is 4.39. The van der Waals surface area contributed by atoms with Gasteiger partial charge in [-0.3, -0.25) is 5.10 Å². The Morgan fingerprint density at radius 1 is 1.09 bits per heavy atom. The number of rotatable bonds is 7. The molecular formula is C27H26FIN4O. The fourth-order valence-electron chi connectivity index (χ4n) is 4.64. The zero-order valence-corrected chi connectivity index (χ0v) is 21.3. The first-order valence-electron chi connectivity index (χ1n) is 11.3. The van der Waals surface area contributed by atoms with E-state index in [0.29, 0.717) is 12.4 Å². The highest BCUT2D eigenvalue weighted by atomic mass is 127. The van der Waals surface area contributed by atoms with E-state index >= 15 is 0 Å². The Kier molecular flexibility index (Phi) is 6.50. The fourth-order valence-corrected chi connectivity index (χ4v) is 5.29. The van der Waals surface area contributed by atoms with E-state index in [1.165, 1.54) is 12.1 Å². The third-order valence-electron chi connectivity index (χ3n) is 6.33. The quantitative estimate of drug-likeness (QED) is 0.278. The molecule has 1 aliphatic heterocycles. The van der Waals surface area contributed by atoms with Crippen LogP contribution in [0.25, 0.3) is 22.8 Å². The van der Waals surface area contributed by atoms with Crippen LogP contribution < -0.4 is 0 Å². The first-order valence-corrected chi connectivity index (χ1v) is 12.4. The maximum absolute atomic E-state index is 13.7. The average Bonchev–Trinajstić information content (AvgIpc) is 3.46. The van der Waals surface area contributed by atoms with Crippen LogP contribution in [0, 0.1) is 9.39 Å². The molecule has 0 bridgehead atoms. The Labute approximate surface area is 212 Å². The standard InChI is InChI=1S/C27H26FIN4O/c1-33(2)15-5-14-27(20-9-11-21(28)12-10-20)23-13-8-18(16-19(23)17-34-27)25-30-26(32-31-25)22-6-3-4-7-24(22)29/h3-4,6-13,16H,5,14-15,17H2,1-2H3,(H,30,31,32)/t27-/m0/s1. The lowest BCUT2D eigenvalue weighted by Crippen LogP contribution is -2.28. The summed E-state index contributed by atoms with van der Waals surface area (Å²) in [5, 5.41) is 7.55. The van der Waals surface area contributed by atoms with E-state index in [9.17, 15) is 4.39 Å². The average molecular weight is 568 g/mol. The molecule has 0 fully saturated rings. The second kappa shape index (κ2) is 9.56. The molecule has 7 heteroatoms. The Morgan fingerprint density at radius 3 is 2.65 bits per heavy atom. The SMILES string of the molecule is CN(C)CCC[C@@]1(c2ccc(F)cc2)OCc2cc(-c3n[nH]c(-c4ccccc4I)n3)ccc21. The monoisotopic (exact) mass is 568 g/mol. The highest BCUT2D eigenvalue weighted by Crippen LogP contribution is 2.46. The highest BCUT2D eigenvalue weighted by molar-refractivity contribution is 14.1. The number of hydrogen-bond donors (Lipinski definition) is 1. The summed E-state index contributed by atoms with van der Waals surface area (Å²) in [5.41, 5.74) is 4.63. The number of benzene rings is 3. The molecule has 0 spiro atoms. The Bertz CT molecular complexity index is 1300. The smallest absolute Gasteiger partial charge is 0.181 e. The molecule has 0 aliphatic carbocycles. The Balaban J connectivity index is 1.49. The van der Waals surface area contributed by atoms with Crippen LogP contribution in [0.3, 0.4) is 0 Å². The highest BCUT2D eigenvalue weighted by Gasteiger charge is 2.41. The third-order valence-corrected chi connectivity index (χ3v) is 7.27. The number of H-pyrrole nitrogens is 1. The number of hydrogen-bond acceptors (Lipinski definition) is 4. The van der Waals surface area contributed by atoms with Crippen molar-refractivity contribution in [1.29, 1.82) is 0 Å². The zero-order chi connectivity index (χ0) is 23.7. The minimum Gasteiger partial charge on any atom is -0.361 e. The summed E-state index contributed by atoms with van der Waals surface area (Å²) < 4.78 is 21.3.